The highest BCUT2D eigenvalue weighted by atomic mass is 32.2. The fraction of sp³-hybridized carbons (Fsp3) is 0.417. The Morgan fingerprint density at radius 1 is 0.662 bits per heavy atom. The van der Waals surface area contributed by atoms with Crippen LogP contribution in [-0.4, -0.2) is 97.8 Å². The third-order valence-electron chi connectivity index (χ3n) is 12.6. The molecular formula is C48H61N2O14S4+. The van der Waals surface area contributed by atoms with Crippen LogP contribution in [0.4, 0.5) is 11.4 Å². The van der Waals surface area contributed by atoms with Crippen molar-refractivity contribution in [2.24, 2.45) is 0 Å². The van der Waals surface area contributed by atoms with E-state index in [-0.39, 0.29) is 29.1 Å². The van der Waals surface area contributed by atoms with Crippen molar-refractivity contribution in [2.75, 3.05) is 29.5 Å². The summed E-state index contributed by atoms with van der Waals surface area (Å²) in [4.78, 5) is 12.6. The number of benzene rings is 2. The molecule has 2 atom stereocenters. The maximum Gasteiger partial charge on any atom is 0.303 e. The van der Waals surface area contributed by atoms with E-state index in [1.54, 1.807) is 30.4 Å². The van der Waals surface area contributed by atoms with Gasteiger partial charge in [-0.1, -0.05) is 80.0 Å². The van der Waals surface area contributed by atoms with Gasteiger partial charge in [0.15, 0.2) is 5.71 Å². The minimum Gasteiger partial charge on any atom is -0.481 e. The highest BCUT2D eigenvalue weighted by Crippen LogP contribution is 2.51. The molecule has 0 amide bonds. The molecule has 20 heteroatoms. The van der Waals surface area contributed by atoms with E-state index in [2.05, 4.69) is 4.58 Å². The summed E-state index contributed by atoms with van der Waals surface area (Å²) in [6, 6.07) is 8.73. The van der Waals surface area contributed by atoms with Crippen LogP contribution in [0, 0.1) is 0 Å². The first-order chi connectivity index (χ1) is 31.8. The van der Waals surface area contributed by atoms with Crippen LogP contribution in [0.25, 0.3) is 0 Å². The molecule has 2 unspecified atom stereocenters. The minimum atomic E-state index is -4.62. The second-order valence-electron chi connectivity index (χ2n) is 17.6. The Balaban J connectivity index is 1.58. The van der Waals surface area contributed by atoms with Crippen molar-refractivity contribution < 1.29 is 66.4 Å². The molecule has 0 saturated heterocycles. The van der Waals surface area contributed by atoms with E-state index in [4.69, 9.17) is 0 Å². The van der Waals surface area contributed by atoms with Gasteiger partial charge in [0.05, 0.1) is 26.7 Å². The first-order valence-electron chi connectivity index (χ1n) is 22.4. The molecule has 0 fully saturated rings. The second kappa shape index (κ2) is 22.7. The van der Waals surface area contributed by atoms with Crippen LogP contribution >= 0.6 is 0 Å². The number of hydrogen-bond donors (Lipinski definition) is 5. The van der Waals surface area contributed by atoms with Gasteiger partial charge in [0, 0.05) is 53.9 Å². The molecule has 0 aromatic heterocycles. The van der Waals surface area contributed by atoms with E-state index >= 15 is 0 Å². The Hall–Kier alpha value is -4.80. The Morgan fingerprint density at radius 2 is 1.26 bits per heavy atom. The van der Waals surface area contributed by atoms with Gasteiger partial charge in [-0.3, -0.25) is 23.0 Å². The number of anilines is 1. The number of unbranched alkanes of at least 4 members (excludes halogenated alkanes) is 4. The average Bonchev–Trinajstić information content (AvgIpc) is 3.60. The molecule has 5 rings (SSSR count). The quantitative estimate of drug-likeness (QED) is 0.0270. The van der Waals surface area contributed by atoms with Gasteiger partial charge in [-0.2, -0.15) is 38.2 Å². The molecule has 5 N–H and O–H groups in total. The topological polar surface area (TPSA) is 261 Å². The van der Waals surface area contributed by atoms with Crippen molar-refractivity contribution in [3.8, 4) is 0 Å². The van der Waals surface area contributed by atoms with Gasteiger partial charge in [-0.25, -0.2) is 0 Å². The van der Waals surface area contributed by atoms with Crippen molar-refractivity contribution in [3.63, 3.8) is 0 Å². The van der Waals surface area contributed by atoms with Gasteiger partial charge in [-0.15, -0.1) is 0 Å². The molecule has 2 aliphatic heterocycles. The standard InChI is InChI=1S/C48H60N2O14S4/c1-47(29-13-16-33-65(53,54)55)40-35-38(67(59,60)61)25-27-42(40)49(31-15-7-12-24-46(51)52)44(47)22-10-6-11-23-45-48(2,30-14-17-34-66(56,57)58)41-36-39(68(62,63)64)26-28-43(41)50(45)32-18-21-37-19-8-4-3-5-9-20-37/h3-6,8-11,19-20,22-23,25-28,35-36H,7,12-18,21,24,29-34H2,1-2H3,(H4-,51,52,53,54,55,56,57,58,59,60,61,62,63,64)/p+1. The number of hydrogen-bond acceptors (Lipinski definition) is 10. The van der Waals surface area contributed by atoms with Crippen molar-refractivity contribution in [1.29, 1.82) is 0 Å². The van der Waals surface area contributed by atoms with Crippen molar-refractivity contribution in [1.82, 2.24) is 0 Å². The average molecular weight is 1020 g/mol. The number of allylic oxidation sites excluding steroid dienone is 14. The molecule has 68 heavy (non-hydrogen) atoms. The van der Waals surface area contributed by atoms with Crippen LogP contribution in [0.15, 0.2) is 130 Å². The number of carbonyl (C=O) groups is 1. The molecule has 1 aliphatic carbocycles. The van der Waals surface area contributed by atoms with E-state index in [0.717, 1.165) is 17.0 Å². The molecule has 2 heterocycles. The molecule has 16 nitrogen and oxygen atoms in total. The Morgan fingerprint density at radius 3 is 1.90 bits per heavy atom. The number of aliphatic carboxylic acids is 1. The minimum absolute atomic E-state index is 0.00474. The number of carboxylic acids is 1. The third-order valence-corrected chi connectivity index (χ3v) is 15.9. The zero-order valence-corrected chi connectivity index (χ0v) is 41.4. The van der Waals surface area contributed by atoms with E-state index in [0.29, 0.717) is 93.4 Å². The Labute approximate surface area is 400 Å². The van der Waals surface area contributed by atoms with E-state index in [9.17, 15) is 61.8 Å². The van der Waals surface area contributed by atoms with Crippen LogP contribution in [0.3, 0.4) is 0 Å². The summed E-state index contributed by atoms with van der Waals surface area (Å²) >= 11 is 0. The molecule has 2 aromatic rings. The van der Waals surface area contributed by atoms with Gasteiger partial charge >= 0.3 is 5.97 Å². The molecular weight excluding hydrogens is 957 g/mol. The number of nitrogens with zero attached hydrogens (tertiary/aromatic N) is 2. The maximum atomic E-state index is 12.4. The van der Waals surface area contributed by atoms with E-state index in [1.165, 1.54) is 24.3 Å². The summed E-state index contributed by atoms with van der Waals surface area (Å²) in [5.41, 5.74) is 3.31. The summed E-state index contributed by atoms with van der Waals surface area (Å²) in [6.07, 6.45) is 27.4. The predicted octanol–water partition coefficient (Wildman–Crippen LogP) is 8.46. The second-order valence-corrected chi connectivity index (χ2v) is 23.6. The number of rotatable bonds is 25. The summed E-state index contributed by atoms with van der Waals surface area (Å²) in [5, 5.41) is 9.20. The predicted molar refractivity (Wildman–Crippen MR) is 262 cm³/mol. The lowest BCUT2D eigenvalue weighted by molar-refractivity contribution is -0.438. The molecule has 370 valence electrons. The molecule has 0 bridgehead atoms. The lowest BCUT2D eigenvalue weighted by Crippen LogP contribution is -2.31. The van der Waals surface area contributed by atoms with Gasteiger partial charge in [0.25, 0.3) is 40.5 Å². The lowest BCUT2D eigenvalue weighted by atomic mass is 9.75. The van der Waals surface area contributed by atoms with Gasteiger partial charge < -0.3 is 10.0 Å². The first-order valence-corrected chi connectivity index (χ1v) is 28.5. The summed E-state index contributed by atoms with van der Waals surface area (Å²) in [7, 11) is -17.7. The zero-order valence-electron chi connectivity index (χ0n) is 38.1. The van der Waals surface area contributed by atoms with Crippen LogP contribution < -0.4 is 4.90 Å². The summed E-state index contributed by atoms with van der Waals surface area (Å²) in [6.45, 7) is 4.73. The van der Waals surface area contributed by atoms with Gasteiger partial charge in [0.1, 0.15) is 6.54 Å². The Kier molecular flexibility index (Phi) is 18.1. The highest BCUT2D eigenvalue weighted by Gasteiger charge is 2.48. The number of carboxylic acid groups (broad SMARTS) is 1. The van der Waals surface area contributed by atoms with Gasteiger partial charge in [0.2, 0.25) is 5.69 Å². The molecule has 3 aliphatic rings. The fourth-order valence-corrected chi connectivity index (χ4v) is 11.4. The smallest absolute Gasteiger partial charge is 0.303 e. The monoisotopic (exact) mass is 1020 g/mol. The van der Waals surface area contributed by atoms with E-state index < -0.39 is 68.8 Å². The van der Waals surface area contributed by atoms with Crippen molar-refractivity contribution >= 4 is 63.5 Å². The lowest BCUT2D eigenvalue weighted by Gasteiger charge is -2.30. The van der Waals surface area contributed by atoms with Crippen LogP contribution in [0.5, 0.6) is 0 Å². The normalized spacial score (nSPS) is 20.4. The summed E-state index contributed by atoms with van der Waals surface area (Å²) in [5.74, 6) is -1.85. The number of fused-ring (bicyclic) bond motifs is 2. The maximum absolute atomic E-state index is 12.4. The largest absolute Gasteiger partial charge is 0.481 e. The Bertz CT molecular complexity index is 2930. The molecule has 2 aromatic carbocycles. The molecule has 0 radical (unpaired) electrons. The van der Waals surface area contributed by atoms with Gasteiger partial charge in [-0.05, 0) is 106 Å². The van der Waals surface area contributed by atoms with Crippen molar-refractivity contribution in [2.45, 2.75) is 112 Å². The zero-order chi connectivity index (χ0) is 50.0. The van der Waals surface area contributed by atoms with Crippen LogP contribution in [-0.2, 0) is 56.1 Å². The fourth-order valence-electron chi connectivity index (χ4n) is 9.21. The molecule has 0 saturated carbocycles. The third kappa shape index (κ3) is 14.6. The summed E-state index contributed by atoms with van der Waals surface area (Å²) < 4.78 is 137. The van der Waals surface area contributed by atoms with Crippen LogP contribution in [0.1, 0.15) is 102 Å². The van der Waals surface area contributed by atoms with Crippen LogP contribution in [0.2, 0.25) is 0 Å². The highest BCUT2D eigenvalue weighted by molar-refractivity contribution is 7.86. The first kappa shape index (κ1) is 54.1. The molecule has 0 spiro atoms. The van der Waals surface area contributed by atoms with Crippen molar-refractivity contribution in [3.05, 3.63) is 132 Å². The SMILES string of the molecule is CC1(CCCCS(=O)(=O)O)C(=CC=CC=CC2=[N+](CCCC3=CC=CC=CC=C3)c3ccc(S(=O)(=O)O)cc3C2(C)CCCCS(=O)(=O)O)N(CCCCCC(=O)O)c2ccc(S(=O)(=O)O)cc21. The van der Waals surface area contributed by atoms with E-state index in [1.807, 2.05) is 73.4 Å².